The molecule has 2 amide bonds. The molecule has 2 aliphatic rings. The summed E-state index contributed by atoms with van der Waals surface area (Å²) in [6.45, 7) is 6.83. The molecule has 0 bridgehead atoms. The van der Waals surface area contributed by atoms with Crippen LogP contribution in [-0.4, -0.2) is 50.4 Å². The van der Waals surface area contributed by atoms with Crippen LogP contribution >= 0.6 is 11.3 Å². The van der Waals surface area contributed by atoms with Gasteiger partial charge >= 0.3 is 6.09 Å². The van der Waals surface area contributed by atoms with E-state index >= 15 is 0 Å². The highest BCUT2D eigenvalue weighted by Gasteiger charge is 2.30. The van der Waals surface area contributed by atoms with Crippen LogP contribution < -0.4 is 5.32 Å². The summed E-state index contributed by atoms with van der Waals surface area (Å²) in [5.41, 5.74) is 0.104. The van der Waals surface area contributed by atoms with Crippen LogP contribution in [0.25, 0.3) is 0 Å². The summed E-state index contributed by atoms with van der Waals surface area (Å²) in [4.78, 5) is 26.8. The molecule has 2 aromatic heterocycles. The van der Waals surface area contributed by atoms with Gasteiger partial charge in [0.25, 0.3) is 5.91 Å². The number of amides is 2. The van der Waals surface area contributed by atoms with E-state index in [1.54, 1.807) is 4.90 Å². The normalized spacial score (nSPS) is 18.0. The van der Waals surface area contributed by atoms with Crippen molar-refractivity contribution in [1.29, 1.82) is 0 Å². The molecule has 1 N–H and O–H groups in total. The summed E-state index contributed by atoms with van der Waals surface area (Å²) in [7, 11) is 0. The van der Waals surface area contributed by atoms with Crippen LogP contribution in [0.2, 0.25) is 0 Å². The van der Waals surface area contributed by atoms with Crippen LogP contribution in [0.15, 0.2) is 18.3 Å². The highest BCUT2D eigenvalue weighted by Crippen LogP contribution is 2.42. The predicted octanol–water partition coefficient (Wildman–Crippen LogP) is 4.04. The SMILES string of the molecule is CC(C)(C)OC(=O)N1CCC(n2cccc2C(=O)Nc2nnc(C3CC3)s2)CC1. The standard InChI is InChI=1S/C20H27N5O3S/c1-20(2,3)28-19(27)24-11-8-14(9-12-24)25-10-4-5-15(25)16(26)21-18-23-22-17(29-18)13-6-7-13/h4-5,10,13-14H,6-9,11-12H2,1-3H3,(H,21,23,26). The van der Waals surface area contributed by atoms with Gasteiger partial charge in [0, 0.05) is 31.2 Å². The van der Waals surface area contributed by atoms with Crippen LogP contribution in [0.1, 0.15) is 73.9 Å². The fraction of sp³-hybridized carbons (Fsp3) is 0.600. The smallest absolute Gasteiger partial charge is 0.410 e. The van der Waals surface area contributed by atoms with Crippen LogP contribution in [0.3, 0.4) is 0 Å². The summed E-state index contributed by atoms with van der Waals surface area (Å²) in [6, 6.07) is 3.87. The Bertz CT molecular complexity index is 888. The van der Waals surface area contributed by atoms with E-state index in [0.717, 1.165) is 30.7 Å². The van der Waals surface area contributed by atoms with Gasteiger partial charge in [-0.25, -0.2) is 4.79 Å². The van der Waals surface area contributed by atoms with Crippen molar-refractivity contribution in [3.63, 3.8) is 0 Å². The predicted molar refractivity (Wildman–Crippen MR) is 110 cm³/mol. The third-order valence-electron chi connectivity index (χ3n) is 5.11. The molecule has 1 saturated heterocycles. The number of piperidine rings is 1. The number of likely N-dealkylation sites (tertiary alicyclic amines) is 1. The topological polar surface area (TPSA) is 89.4 Å². The molecule has 1 aliphatic heterocycles. The number of ether oxygens (including phenoxy) is 1. The number of nitrogens with zero attached hydrogens (tertiary/aromatic N) is 4. The summed E-state index contributed by atoms with van der Waals surface area (Å²) >= 11 is 1.46. The fourth-order valence-corrected chi connectivity index (χ4v) is 4.41. The van der Waals surface area contributed by atoms with Crippen molar-refractivity contribution in [2.75, 3.05) is 18.4 Å². The number of carbonyl (C=O) groups is 2. The number of hydrogen-bond acceptors (Lipinski definition) is 6. The summed E-state index contributed by atoms with van der Waals surface area (Å²) < 4.78 is 7.46. The first-order valence-electron chi connectivity index (χ1n) is 10.1. The first kappa shape index (κ1) is 19.9. The zero-order valence-corrected chi connectivity index (χ0v) is 17.9. The van der Waals surface area contributed by atoms with Crippen molar-refractivity contribution < 1.29 is 14.3 Å². The average Bonchev–Trinajstić information content (AvgIpc) is 3.21. The summed E-state index contributed by atoms with van der Waals surface area (Å²) in [5.74, 6) is 0.347. The molecule has 0 unspecified atom stereocenters. The molecule has 29 heavy (non-hydrogen) atoms. The minimum atomic E-state index is -0.496. The molecule has 156 valence electrons. The zero-order valence-electron chi connectivity index (χ0n) is 17.1. The van der Waals surface area contributed by atoms with Gasteiger partial charge in [-0.1, -0.05) is 11.3 Å². The monoisotopic (exact) mass is 417 g/mol. The maximum Gasteiger partial charge on any atom is 0.410 e. The lowest BCUT2D eigenvalue weighted by molar-refractivity contribution is 0.0187. The number of hydrogen-bond donors (Lipinski definition) is 1. The molecule has 0 radical (unpaired) electrons. The van der Waals surface area contributed by atoms with E-state index in [1.165, 1.54) is 11.3 Å². The van der Waals surface area contributed by atoms with E-state index in [0.29, 0.717) is 29.8 Å². The van der Waals surface area contributed by atoms with E-state index in [4.69, 9.17) is 4.74 Å². The average molecular weight is 418 g/mol. The molecular formula is C20H27N5O3S. The highest BCUT2D eigenvalue weighted by molar-refractivity contribution is 7.15. The van der Waals surface area contributed by atoms with E-state index in [9.17, 15) is 9.59 Å². The Morgan fingerprint density at radius 3 is 2.55 bits per heavy atom. The lowest BCUT2D eigenvalue weighted by atomic mass is 10.0. The van der Waals surface area contributed by atoms with Crippen LogP contribution in [-0.2, 0) is 4.74 Å². The van der Waals surface area contributed by atoms with Gasteiger partial charge in [0.2, 0.25) is 5.13 Å². The van der Waals surface area contributed by atoms with Gasteiger partial charge in [-0.3, -0.25) is 10.1 Å². The third kappa shape index (κ3) is 4.77. The maximum atomic E-state index is 12.8. The molecular weight excluding hydrogens is 390 g/mol. The molecule has 0 aromatic carbocycles. The van der Waals surface area contributed by atoms with Gasteiger partial charge < -0.3 is 14.2 Å². The van der Waals surface area contributed by atoms with Gasteiger partial charge in [-0.15, -0.1) is 10.2 Å². The Morgan fingerprint density at radius 1 is 1.17 bits per heavy atom. The number of carbonyl (C=O) groups excluding carboxylic acids is 2. The number of anilines is 1. The van der Waals surface area contributed by atoms with Gasteiger partial charge in [-0.05, 0) is 58.6 Å². The van der Waals surface area contributed by atoms with Crippen LogP contribution in [0, 0.1) is 0 Å². The number of nitrogens with one attached hydrogen (secondary N) is 1. The van der Waals surface area contributed by atoms with Crippen LogP contribution in [0.4, 0.5) is 9.93 Å². The minimum Gasteiger partial charge on any atom is -0.444 e. The zero-order chi connectivity index (χ0) is 20.6. The van der Waals surface area contributed by atoms with Crippen molar-refractivity contribution in [3.05, 3.63) is 29.0 Å². The number of rotatable bonds is 4. The van der Waals surface area contributed by atoms with Crippen molar-refractivity contribution in [1.82, 2.24) is 19.7 Å². The van der Waals surface area contributed by atoms with Crippen molar-refractivity contribution in [2.24, 2.45) is 0 Å². The molecule has 8 nitrogen and oxygen atoms in total. The van der Waals surface area contributed by atoms with Crippen molar-refractivity contribution in [3.8, 4) is 0 Å². The molecule has 2 aromatic rings. The summed E-state index contributed by atoms with van der Waals surface area (Å²) in [5, 5.41) is 12.7. The lowest BCUT2D eigenvalue weighted by Gasteiger charge is -2.34. The molecule has 2 fully saturated rings. The Morgan fingerprint density at radius 2 is 1.90 bits per heavy atom. The van der Waals surface area contributed by atoms with Gasteiger partial charge in [0.1, 0.15) is 16.3 Å². The van der Waals surface area contributed by atoms with E-state index < -0.39 is 5.60 Å². The Balaban J connectivity index is 1.36. The maximum absolute atomic E-state index is 12.8. The fourth-order valence-electron chi connectivity index (χ4n) is 3.50. The Kier molecular flexibility index (Phi) is 5.33. The van der Waals surface area contributed by atoms with E-state index in [-0.39, 0.29) is 18.0 Å². The van der Waals surface area contributed by atoms with E-state index in [1.807, 2.05) is 43.7 Å². The van der Waals surface area contributed by atoms with Gasteiger partial charge in [0.05, 0.1) is 0 Å². The van der Waals surface area contributed by atoms with E-state index in [2.05, 4.69) is 15.5 Å². The summed E-state index contributed by atoms with van der Waals surface area (Å²) in [6.07, 6.45) is 5.53. The van der Waals surface area contributed by atoms with Gasteiger partial charge in [0.15, 0.2) is 0 Å². The van der Waals surface area contributed by atoms with Gasteiger partial charge in [-0.2, -0.15) is 0 Å². The Hall–Kier alpha value is -2.42. The van der Waals surface area contributed by atoms with Crippen LogP contribution in [0.5, 0.6) is 0 Å². The first-order chi connectivity index (χ1) is 13.8. The van der Waals surface area contributed by atoms with Crippen molar-refractivity contribution in [2.45, 2.75) is 64.0 Å². The van der Waals surface area contributed by atoms with Crippen molar-refractivity contribution >= 4 is 28.5 Å². The second kappa shape index (κ2) is 7.78. The second-order valence-corrected chi connectivity index (χ2v) is 9.68. The molecule has 1 aliphatic carbocycles. The second-order valence-electron chi connectivity index (χ2n) is 8.67. The third-order valence-corrected chi connectivity index (χ3v) is 6.11. The minimum absolute atomic E-state index is 0.167. The molecule has 0 atom stereocenters. The molecule has 0 spiro atoms. The number of aromatic nitrogens is 3. The Labute approximate surface area is 174 Å². The molecule has 9 heteroatoms. The molecule has 4 rings (SSSR count). The first-order valence-corrected chi connectivity index (χ1v) is 10.9. The highest BCUT2D eigenvalue weighted by atomic mass is 32.1. The molecule has 3 heterocycles. The quantitative estimate of drug-likeness (QED) is 0.811. The molecule has 1 saturated carbocycles. The lowest BCUT2D eigenvalue weighted by Crippen LogP contribution is -2.42. The largest absolute Gasteiger partial charge is 0.444 e.